The van der Waals surface area contributed by atoms with Crippen molar-refractivity contribution >= 4 is 32.5 Å². The largest absolute Gasteiger partial charge is 0.478 e. The summed E-state index contributed by atoms with van der Waals surface area (Å²) in [4.78, 5) is 10.7. The fourth-order valence-corrected chi connectivity index (χ4v) is 3.71. The molecule has 0 atom stereocenters. The Labute approximate surface area is 144 Å². The van der Waals surface area contributed by atoms with Gasteiger partial charge in [0, 0.05) is 7.05 Å². The highest BCUT2D eigenvalue weighted by atomic mass is 32.2. The van der Waals surface area contributed by atoms with E-state index in [9.17, 15) is 17.6 Å². The SMILES string of the molecule is CN(c1ccc2ccccc2c1)S(=O)(=O)c1ccc(F)c(C(=O)O)c1. The van der Waals surface area contributed by atoms with Gasteiger partial charge in [-0.05, 0) is 41.1 Å². The fourth-order valence-electron chi connectivity index (χ4n) is 2.50. The number of carboxylic acids is 1. The minimum atomic E-state index is -4.03. The van der Waals surface area contributed by atoms with Crippen molar-refractivity contribution in [1.29, 1.82) is 0 Å². The van der Waals surface area contributed by atoms with Gasteiger partial charge < -0.3 is 5.11 Å². The van der Waals surface area contributed by atoms with Gasteiger partial charge in [0.15, 0.2) is 0 Å². The quantitative estimate of drug-likeness (QED) is 0.774. The predicted molar refractivity (Wildman–Crippen MR) is 92.9 cm³/mol. The first-order valence-electron chi connectivity index (χ1n) is 7.31. The van der Waals surface area contributed by atoms with Crippen LogP contribution in [0.5, 0.6) is 0 Å². The number of halogens is 1. The highest BCUT2D eigenvalue weighted by molar-refractivity contribution is 7.92. The first kappa shape index (κ1) is 16.9. The summed E-state index contributed by atoms with van der Waals surface area (Å²) in [6, 6.07) is 15.4. The van der Waals surface area contributed by atoms with Crippen molar-refractivity contribution in [3.63, 3.8) is 0 Å². The summed E-state index contributed by atoms with van der Waals surface area (Å²) in [5.41, 5.74) is -0.270. The van der Waals surface area contributed by atoms with Crippen LogP contribution in [0.4, 0.5) is 10.1 Å². The van der Waals surface area contributed by atoms with Gasteiger partial charge in [0.2, 0.25) is 0 Å². The first-order chi connectivity index (χ1) is 11.8. The maximum absolute atomic E-state index is 13.5. The molecule has 0 saturated carbocycles. The zero-order chi connectivity index (χ0) is 18.2. The predicted octanol–water partition coefficient (Wildman–Crippen LogP) is 3.50. The molecule has 1 N–H and O–H groups in total. The number of carbonyl (C=O) groups is 1. The normalized spacial score (nSPS) is 11.4. The van der Waals surface area contributed by atoms with Crippen LogP contribution in [-0.4, -0.2) is 26.5 Å². The van der Waals surface area contributed by atoms with Crippen LogP contribution in [-0.2, 0) is 10.0 Å². The smallest absolute Gasteiger partial charge is 0.338 e. The Morgan fingerprint density at radius 1 is 1.00 bits per heavy atom. The zero-order valence-electron chi connectivity index (χ0n) is 13.2. The summed E-state index contributed by atoms with van der Waals surface area (Å²) in [5, 5.41) is 10.8. The van der Waals surface area contributed by atoms with E-state index >= 15 is 0 Å². The highest BCUT2D eigenvalue weighted by Gasteiger charge is 2.24. The molecule has 25 heavy (non-hydrogen) atoms. The van der Waals surface area contributed by atoms with E-state index in [-0.39, 0.29) is 4.90 Å². The molecule has 0 aromatic heterocycles. The van der Waals surface area contributed by atoms with E-state index < -0.39 is 27.4 Å². The van der Waals surface area contributed by atoms with Crippen molar-refractivity contribution in [2.45, 2.75) is 4.90 Å². The van der Waals surface area contributed by atoms with Gasteiger partial charge in [0.25, 0.3) is 10.0 Å². The molecule has 0 unspecified atom stereocenters. The second-order valence-corrected chi connectivity index (χ2v) is 7.42. The molecule has 128 valence electrons. The van der Waals surface area contributed by atoms with Crippen molar-refractivity contribution in [1.82, 2.24) is 0 Å². The molecule has 0 aliphatic rings. The number of anilines is 1. The summed E-state index contributed by atoms with van der Waals surface area (Å²) in [7, 11) is -2.67. The van der Waals surface area contributed by atoms with Gasteiger partial charge >= 0.3 is 5.97 Å². The molecule has 7 heteroatoms. The molecule has 0 aliphatic carbocycles. The fraction of sp³-hybridized carbons (Fsp3) is 0.0556. The molecule has 0 amide bonds. The van der Waals surface area contributed by atoms with Crippen LogP contribution in [0, 0.1) is 5.82 Å². The lowest BCUT2D eigenvalue weighted by molar-refractivity contribution is 0.0691. The van der Waals surface area contributed by atoms with E-state index in [2.05, 4.69) is 0 Å². The van der Waals surface area contributed by atoms with Gasteiger partial charge in [-0.2, -0.15) is 0 Å². The Morgan fingerprint density at radius 3 is 2.36 bits per heavy atom. The number of hydrogen-bond acceptors (Lipinski definition) is 3. The minimum Gasteiger partial charge on any atom is -0.478 e. The number of carboxylic acid groups (broad SMARTS) is 1. The van der Waals surface area contributed by atoms with Crippen LogP contribution in [0.1, 0.15) is 10.4 Å². The van der Waals surface area contributed by atoms with Crippen LogP contribution in [0.2, 0.25) is 0 Å². The summed E-state index contributed by atoms with van der Waals surface area (Å²) in [6.45, 7) is 0. The molecular weight excluding hydrogens is 345 g/mol. The second-order valence-electron chi connectivity index (χ2n) is 5.45. The molecule has 0 heterocycles. The first-order valence-corrected chi connectivity index (χ1v) is 8.75. The van der Waals surface area contributed by atoms with Crippen molar-refractivity contribution in [3.8, 4) is 0 Å². The third-order valence-electron chi connectivity index (χ3n) is 3.92. The van der Waals surface area contributed by atoms with E-state index in [1.807, 2.05) is 24.3 Å². The molecule has 0 radical (unpaired) electrons. The third kappa shape index (κ3) is 3.06. The molecule has 0 aliphatic heterocycles. The number of rotatable bonds is 4. The summed E-state index contributed by atoms with van der Waals surface area (Å²) >= 11 is 0. The van der Waals surface area contributed by atoms with E-state index in [0.717, 1.165) is 33.3 Å². The van der Waals surface area contributed by atoms with Crippen LogP contribution in [0.15, 0.2) is 65.6 Å². The maximum atomic E-state index is 13.5. The lowest BCUT2D eigenvalue weighted by Gasteiger charge is -2.20. The van der Waals surface area contributed by atoms with E-state index in [0.29, 0.717) is 5.69 Å². The molecular formula is C18H14FNO4S. The van der Waals surface area contributed by atoms with Gasteiger partial charge in [-0.1, -0.05) is 30.3 Å². The van der Waals surface area contributed by atoms with E-state index in [1.54, 1.807) is 18.2 Å². The van der Waals surface area contributed by atoms with Gasteiger partial charge in [-0.15, -0.1) is 0 Å². The van der Waals surface area contributed by atoms with E-state index in [4.69, 9.17) is 5.11 Å². The van der Waals surface area contributed by atoms with Crippen molar-refractivity contribution in [3.05, 3.63) is 72.0 Å². The standard InChI is InChI=1S/C18H14FNO4S/c1-20(14-7-6-12-4-2-3-5-13(12)10-14)25(23,24)15-8-9-17(19)16(11-15)18(21)22/h2-11H,1H3,(H,21,22). The number of hydrogen-bond donors (Lipinski definition) is 1. The van der Waals surface area contributed by atoms with Crippen LogP contribution < -0.4 is 4.31 Å². The molecule has 3 rings (SSSR count). The second kappa shape index (κ2) is 6.18. The van der Waals surface area contributed by atoms with Crippen LogP contribution in [0.25, 0.3) is 10.8 Å². The molecule has 0 saturated heterocycles. The minimum absolute atomic E-state index is 0.290. The summed E-state index contributed by atoms with van der Waals surface area (Å²) < 4.78 is 40.1. The van der Waals surface area contributed by atoms with Gasteiger partial charge in [-0.25, -0.2) is 17.6 Å². The van der Waals surface area contributed by atoms with Crippen LogP contribution >= 0.6 is 0 Å². The lowest BCUT2D eigenvalue weighted by atomic mass is 10.1. The maximum Gasteiger partial charge on any atom is 0.338 e. The Bertz CT molecular complexity index is 1080. The van der Waals surface area contributed by atoms with Gasteiger partial charge in [0.05, 0.1) is 16.1 Å². The Balaban J connectivity index is 2.06. The molecule has 0 bridgehead atoms. The summed E-state index contributed by atoms with van der Waals surface area (Å²) in [5.74, 6) is -2.51. The topological polar surface area (TPSA) is 74.7 Å². The molecule has 3 aromatic carbocycles. The molecule has 5 nitrogen and oxygen atoms in total. The molecule has 0 fully saturated rings. The van der Waals surface area contributed by atoms with E-state index in [1.165, 1.54) is 7.05 Å². The zero-order valence-corrected chi connectivity index (χ0v) is 14.0. The van der Waals surface area contributed by atoms with Gasteiger partial charge in [0.1, 0.15) is 5.82 Å². The Hall–Kier alpha value is -2.93. The Kier molecular flexibility index (Phi) is 4.18. The molecule has 3 aromatic rings. The monoisotopic (exact) mass is 359 g/mol. The lowest BCUT2D eigenvalue weighted by Crippen LogP contribution is -2.26. The van der Waals surface area contributed by atoms with Crippen molar-refractivity contribution < 1.29 is 22.7 Å². The van der Waals surface area contributed by atoms with Crippen molar-refractivity contribution in [2.24, 2.45) is 0 Å². The summed E-state index contributed by atoms with van der Waals surface area (Å²) in [6.07, 6.45) is 0. The average Bonchev–Trinajstić information content (AvgIpc) is 2.60. The number of fused-ring (bicyclic) bond motifs is 1. The molecule has 0 spiro atoms. The van der Waals surface area contributed by atoms with Gasteiger partial charge in [-0.3, -0.25) is 4.31 Å². The number of sulfonamides is 1. The number of benzene rings is 3. The highest BCUT2D eigenvalue weighted by Crippen LogP contribution is 2.26. The third-order valence-corrected chi connectivity index (χ3v) is 5.70. The van der Waals surface area contributed by atoms with Crippen molar-refractivity contribution in [2.75, 3.05) is 11.4 Å². The number of nitrogens with zero attached hydrogens (tertiary/aromatic N) is 1. The Morgan fingerprint density at radius 2 is 1.68 bits per heavy atom. The van der Waals surface area contributed by atoms with Crippen LogP contribution in [0.3, 0.4) is 0 Å². The number of aromatic carboxylic acids is 1. The average molecular weight is 359 g/mol.